The first-order valence-electron chi connectivity index (χ1n) is 15.3. The molecule has 0 heterocycles. The number of carbonyl (C=O) groups is 3. The maximum Gasteiger partial charge on any atom is 0.330 e. The Morgan fingerprint density at radius 2 is 1.47 bits per heavy atom. The number of ether oxygens (including phenoxy) is 1. The van der Waals surface area contributed by atoms with E-state index in [1.807, 2.05) is 24.3 Å². The highest BCUT2D eigenvalue weighted by molar-refractivity contribution is 5.91. The van der Waals surface area contributed by atoms with Crippen LogP contribution in [0.2, 0.25) is 0 Å². The van der Waals surface area contributed by atoms with Crippen molar-refractivity contribution < 1.29 is 29.3 Å². The number of aliphatic hydroxyl groups excluding tert-OH is 1. The number of carbonyl (C=O) groups excluding carboxylic acids is 2. The standard InChI is InChI=1S/C29H45NO6.C4H11N5/c1-4-5-6-7-8-9-10-11-12-13-14-15-16-17-18-19-20-21-26(33)36-24-29(2,3)27(34)28(35)30-23-22-25(31)32;1-9(2)4(7)8-3(5)6/h12-21,27,34H,4-11,22-24H2,1-3H3,(H,30,35)(H,31,32);1-2H3,(H5,5,6,7,8)/b13-12+,15-14+,17-16+,19-18+,21-20+;/t27-;/m0./s1. The van der Waals surface area contributed by atoms with E-state index in [9.17, 15) is 19.5 Å². The van der Waals surface area contributed by atoms with Crippen molar-refractivity contribution in [2.45, 2.75) is 84.7 Å². The smallest absolute Gasteiger partial charge is 0.330 e. The molecule has 12 heteroatoms. The molecule has 0 fully saturated rings. The first kappa shape index (κ1) is 42.9. The van der Waals surface area contributed by atoms with E-state index in [4.69, 9.17) is 26.7 Å². The third kappa shape index (κ3) is 28.3. The van der Waals surface area contributed by atoms with Crippen LogP contribution in [0, 0.1) is 10.8 Å². The van der Waals surface area contributed by atoms with Crippen LogP contribution in [0.1, 0.15) is 78.6 Å². The van der Waals surface area contributed by atoms with Gasteiger partial charge in [-0.05, 0) is 12.8 Å². The number of guanidine groups is 2. The van der Waals surface area contributed by atoms with Crippen LogP contribution in [0.5, 0.6) is 0 Å². The number of unbranched alkanes of at least 4 members (excludes halogenated alkanes) is 7. The van der Waals surface area contributed by atoms with Crippen LogP contribution in [0.3, 0.4) is 0 Å². The topological polar surface area (TPSA) is 204 Å². The number of aliphatic hydroxyl groups is 1. The van der Waals surface area contributed by atoms with Crippen LogP contribution in [-0.2, 0) is 19.1 Å². The first-order chi connectivity index (χ1) is 21.2. The predicted molar refractivity (Wildman–Crippen MR) is 182 cm³/mol. The summed E-state index contributed by atoms with van der Waals surface area (Å²) in [7, 11) is 3.38. The highest BCUT2D eigenvalue weighted by atomic mass is 16.5. The number of nitrogens with zero attached hydrogens (tertiary/aromatic N) is 2. The third-order valence-corrected chi connectivity index (χ3v) is 5.99. The summed E-state index contributed by atoms with van der Waals surface area (Å²) in [5.41, 5.74) is 8.95. The van der Waals surface area contributed by atoms with E-state index in [0.717, 1.165) is 6.42 Å². The molecule has 0 saturated heterocycles. The fourth-order valence-corrected chi connectivity index (χ4v) is 3.26. The molecular weight excluding hydrogens is 576 g/mol. The average Bonchev–Trinajstić information content (AvgIpc) is 2.97. The highest BCUT2D eigenvalue weighted by Gasteiger charge is 2.34. The Balaban J connectivity index is 0. The van der Waals surface area contributed by atoms with Crippen molar-refractivity contribution in [3.8, 4) is 0 Å². The van der Waals surface area contributed by atoms with Crippen LogP contribution in [0.25, 0.3) is 0 Å². The van der Waals surface area contributed by atoms with Crippen LogP contribution in [-0.4, -0.2) is 78.2 Å². The summed E-state index contributed by atoms with van der Waals surface area (Å²) in [6, 6.07) is 0. The lowest BCUT2D eigenvalue weighted by Gasteiger charge is -2.28. The molecule has 0 unspecified atom stereocenters. The number of carboxylic acids is 1. The molecule has 0 aromatic rings. The van der Waals surface area contributed by atoms with Gasteiger partial charge < -0.3 is 36.6 Å². The zero-order valence-corrected chi connectivity index (χ0v) is 27.7. The summed E-state index contributed by atoms with van der Waals surface area (Å²) in [5.74, 6) is -2.39. The zero-order chi connectivity index (χ0) is 34.5. The fraction of sp³-hybridized carbons (Fsp3) is 0.545. The van der Waals surface area contributed by atoms with Crippen molar-refractivity contribution in [1.29, 1.82) is 5.41 Å². The maximum atomic E-state index is 11.9. The van der Waals surface area contributed by atoms with Gasteiger partial charge in [0.1, 0.15) is 6.10 Å². The van der Waals surface area contributed by atoms with Gasteiger partial charge in [-0.3, -0.25) is 15.0 Å². The number of esters is 1. The second-order valence-corrected chi connectivity index (χ2v) is 11.0. The number of hydrogen-bond donors (Lipinski definition) is 6. The van der Waals surface area contributed by atoms with E-state index in [2.05, 4.69) is 29.4 Å². The molecular formula is C33H56N6O6. The molecule has 0 rings (SSSR count). The number of nitrogens with two attached hydrogens (primary N) is 2. The molecule has 0 aliphatic carbocycles. The van der Waals surface area contributed by atoms with E-state index in [1.54, 1.807) is 46.2 Å². The first-order valence-corrected chi connectivity index (χ1v) is 15.3. The van der Waals surface area contributed by atoms with Crippen molar-refractivity contribution in [2.75, 3.05) is 27.2 Å². The largest absolute Gasteiger partial charge is 0.481 e. The minimum atomic E-state index is -1.45. The molecule has 12 nitrogen and oxygen atoms in total. The summed E-state index contributed by atoms with van der Waals surface area (Å²) >= 11 is 0. The average molecular weight is 633 g/mol. The molecule has 0 spiro atoms. The fourth-order valence-electron chi connectivity index (χ4n) is 3.26. The summed E-state index contributed by atoms with van der Waals surface area (Å²) < 4.78 is 5.12. The lowest BCUT2D eigenvalue weighted by molar-refractivity contribution is -0.149. The van der Waals surface area contributed by atoms with Gasteiger partial charge in [0.2, 0.25) is 11.9 Å². The van der Waals surface area contributed by atoms with E-state index >= 15 is 0 Å². The zero-order valence-electron chi connectivity index (χ0n) is 27.7. The molecule has 254 valence electrons. The van der Waals surface area contributed by atoms with Crippen LogP contribution in [0.4, 0.5) is 0 Å². The molecule has 1 amide bonds. The number of hydrogen-bond acceptors (Lipinski definition) is 6. The van der Waals surface area contributed by atoms with Gasteiger partial charge in [-0.25, -0.2) is 4.79 Å². The van der Waals surface area contributed by atoms with Gasteiger partial charge in [-0.2, -0.15) is 4.99 Å². The number of nitrogens with one attached hydrogen (secondary N) is 2. The number of aliphatic imine (C=N–C) groups is 1. The molecule has 0 aliphatic rings. The minimum Gasteiger partial charge on any atom is -0.481 e. The van der Waals surface area contributed by atoms with Gasteiger partial charge in [0.25, 0.3) is 0 Å². The van der Waals surface area contributed by atoms with E-state index in [0.29, 0.717) is 0 Å². The molecule has 0 radical (unpaired) electrons. The molecule has 0 aromatic heterocycles. The van der Waals surface area contributed by atoms with Crippen LogP contribution in [0.15, 0.2) is 65.8 Å². The molecule has 0 aromatic carbocycles. The lowest BCUT2D eigenvalue weighted by Crippen LogP contribution is -2.46. The van der Waals surface area contributed by atoms with Crippen LogP contribution >= 0.6 is 0 Å². The van der Waals surface area contributed by atoms with Gasteiger partial charge in [0, 0.05) is 32.1 Å². The molecule has 0 saturated carbocycles. The Morgan fingerprint density at radius 3 is 1.98 bits per heavy atom. The predicted octanol–water partition coefficient (Wildman–Crippen LogP) is 4.19. The molecule has 0 aliphatic heterocycles. The quantitative estimate of drug-likeness (QED) is 0.0284. The SMILES string of the molecule is CCCCCCCCC/C=C/C=C/C=C/C=C/C=C/C(=O)OCC(C)(C)[C@@H](O)C(=O)NCCC(=O)O.CN(C)C(=N)N=C(N)N. The second kappa shape index (κ2) is 27.4. The highest BCUT2D eigenvalue weighted by Crippen LogP contribution is 2.21. The Labute approximate surface area is 269 Å². The number of rotatable bonds is 20. The molecule has 8 N–H and O–H groups in total. The summed E-state index contributed by atoms with van der Waals surface area (Å²) in [4.78, 5) is 39.2. The lowest BCUT2D eigenvalue weighted by atomic mass is 9.87. The monoisotopic (exact) mass is 632 g/mol. The van der Waals surface area contributed by atoms with Gasteiger partial charge in [-0.15, -0.1) is 0 Å². The van der Waals surface area contributed by atoms with Crippen molar-refractivity contribution in [3.63, 3.8) is 0 Å². The molecule has 0 bridgehead atoms. The maximum absolute atomic E-state index is 11.9. The number of allylic oxidation sites excluding steroid dienone is 9. The van der Waals surface area contributed by atoms with Crippen molar-refractivity contribution >= 4 is 29.8 Å². The number of amides is 1. The normalized spacial score (nSPS) is 12.4. The Bertz CT molecular complexity index is 1040. The van der Waals surface area contributed by atoms with Gasteiger partial charge in [0.15, 0.2) is 5.96 Å². The van der Waals surface area contributed by atoms with Gasteiger partial charge >= 0.3 is 11.9 Å². The van der Waals surface area contributed by atoms with Crippen molar-refractivity contribution in [2.24, 2.45) is 21.9 Å². The molecule has 45 heavy (non-hydrogen) atoms. The van der Waals surface area contributed by atoms with E-state index in [-0.39, 0.29) is 31.5 Å². The summed E-state index contributed by atoms with van der Waals surface area (Å²) in [6.45, 7) is 5.13. The van der Waals surface area contributed by atoms with Crippen molar-refractivity contribution in [3.05, 3.63) is 60.8 Å². The molecule has 1 atom stereocenters. The minimum absolute atomic E-state index is 0.0509. The van der Waals surface area contributed by atoms with Crippen LogP contribution < -0.4 is 16.8 Å². The van der Waals surface area contributed by atoms with Gasteiger partial charge in [0.05, 0.1) is 13.0 Å². The van der Waals surface area contributed by atoms with Crippen molar-refractivity contribution in [1.82, 2.24) is 10.2 Å². The summed E-state index contributed by atoms with van der Waals surface area (Å²) in [5, 5.41) is 28.2. The number of aliphatic carboxylic acids is 1. The van der Waals surface area contributed by atoms with Gasteiger partial charge in [-0.1, -0.05) is 114 Å². The second-order valence-electron chi connectivity index (χ2n) is 11.0. The summed E-state index contributed by atoms with van der Waals surface area (Å²) in [6.07, 6.45) is 26.8. The Kier molecular flexibility index (Phi) is 26.1. The Morgan fingerprint density at radius 1 is 0.933 bits per heavy atom. The Hall–Kier alpha value is -4.19. The number of carboxylic acid groups (broad SMARTS) is 1. The van der Waals surface area contributed by atoms with E-state index < -0.39 is 29.4 Å². The van der Waals surface area contributed by atoms with E-state index in [1.165, 1.54) is 55.9 Å². The third-order valence-electron chi connectivity index (χ3n) is 5.99.